The summed E-state index contributed by atoms with van der Waals surface area (Å²) in [5, 5.41) is 10.9. The van der Waals surface area contributed by atoms with Crippen molar-refractivity contribution < 1.29 is 5.11 Å². The van der Waals surface area contributed by atoms with Gasteiger partial charge < -0.3 is 10.0 Å². The van der Waals surface area contributed by atoms with E-state index in [-0.39, 0.29) is 0 Å². The van der Waals surface area contributed by atoms with Crippen molar-refractivity contribution >= 4 is 5.69 Å². The number of hydrogen-bond donors (Lipinski definition) is 1. The molecule has 2 fully saturated rings. The lowest BCUT2D eigenvalue weighted by atomic mass is 9.69. The minimum atomic E-state index is -0.436. The van der Waals surface area contributed by atoms with Gasteiger partial charge in [-0.1, -0.05) is 13.3 Å². The number of hydrogen-bond acceptors (Lipinski definition) is 3. The van der Waals surface area contributed by atoms with E-state index in [2.05, 4.69) is 42.8 Å². The lowest BCUT2D eigenvalue weighted by Gasteiger charge is -2.40. The number of nitrogens with zero attached hydrogens (tertiary/aromatic N) is 2. The Kier molecular flexibility index (Phi) is 3.49. The van der Waals surface area contributed by atoms with E-state index in [1.54, 1.807) is 0 Å². The Balaban J connectivity index is 1.85. The van der Waals surface area contributed by atoms with Crippen LogP contribution in [0.3, 0.4) is 0 Å². The number of aryl methyl sites for hydroxylation is 2. The minimum absolute atomic E-state index is 0.436. The molecular weight excluding hydrogens is 248 g/mol. The van der Waals surface area contributed by atoms with E-state index in [9.17, 15) is 5.11 Å². The molecule has 0 bridgehead atoms. The summed E-state index contributed by atoms with van der Waals surface area (Å²) >= 11 is 0. The van der Waals surface area contributed by atoms with Crippen LogP contribution in [0.25, 0.3) is 0 Å². The Hall–Kier alpha value is -1.09. The standard InChI is InChI=1S/C17H26N2O/c1-4-17(20)7-5-6-14-10-19(11-16(14)17)15-8-12(2)18-13(3)9-15/h8-9,14,16,20H,4-7,10-11H2,1-3H3/t14-,16+,17-/m1/s1. The van der Waals surface area contributed by atoms with E-state index in [0.717, 1.165) is 37.3 Å². The highest BCUT2D eigenvalue weighted by atomic mass is 16.3. The van der Waals surface area contributed by atoms with Crippen LogP contribution in [0.4, 0.5) is 5.69 Å². The molecule has 1 aliphatic carbocycles. The number of rotatable bonds is 2. The molecule has 110 valence electrons. The first-order valence-electron chi connectivity index (χ1n) is 7.94. The first-order valence-corrected chi connectivity index (χ1v) is 7.94. The zero-order valence-corrected chi connectivity index (χ0v) is 12.9. The van der Waals surface area contributed by atoms with Gasteiger partial charge in [0, 0.05) is 36.1 Å². The highest BCUT2D eigenvalue weighted by Crippen LogP contribution is 2.45. The number of aromatic nitrogens is 1. The Labute approximate surface area is 122 Å². The van der Waals surface area contributed by atoms with Gasteiger partial charge >= 0.3 is 0 Å². The predicted molar refractivity (Wildman–Crippen MR) is 82.0 cm³/mol. The molecule has 0 radical (unpaired) electrons. The average molecular weight is 274 g/mol. The number of aliphatic hydroxyl groups is 1. The quantitative estimate of drug-likeness (QED) is 0.900. The number of fused-ring (bicyclic) bond motifs is 1. The third-order valence-corrected chi connectivity index (χ3v) is 5.36. The van der Waals surface area contributed by atoms with E-state index >= 15 is 0 Å². The maximum absolute atomic E-state index is 10.9. The zero-order valence-electron chi connectivity index (χ0n) is 12.9. The topological polar surface area (TPSA) is 36.4 Å². The molecule has 3 nitrogen and oxygen atoms in total. The molecule has 0 aromatic carbocycles. The van der Waals surface area contributed by atoms with Gasteiger partial charge in [0.15, 0.2) is 0 Å². The Morgan fingerprint density at radius 1 is 1.30 bits per heavy atom. The van der Waals surface area contributed by atoms with Crippen LogP contribution in [-0.2, 0) is 0 Å². The van der Waals surface area contributed by atoms with Crippen LogP contribution in [0.2, 0.25) is 0 Å². The summed E-state index contributed by atoms with van der Waals surface area (Å²) < 4.78 is 0. The maximum Gasteiger partial charge on any atom is 0.0693 e. The summed E-state index contributed by atoms with van der Waals surface area (Å²) in [6.45, 7) is 8.34. The Morgan fingerprint density at radius 3 is 2.65 bits per heavy atom. The van der Waals surface area contributed by atoms with Crippen LogP contribution in [0.5, 0.6) is 0 Å². The second-order valence-corrected chi connectivity index (χ2v) is 6.73. The molecule has 1 aromatic rings. The van der Waals surface area contributed by atoms with Gasteiger partial charge in [0.25, 0.3) is 0 Å². The summed E-state index contributed by atoms with van der Waals surface area (Å²) in [5.41, 5.74) is 3.01. The molecule has 0 unspecified atom stereocenters. The number of anilines is 1. The molecule has 3 atom stereocenters. The summed E-state index contributed by atoms with van der Waals surface area (Å²) in [6, 6.07) is 4.35. The van der Waals surface area contributed by atoms with Crippen molar-refractivity contribution in [2.75, 3.05) is 18.0 Å². The molecule has 3 rings (SSSR count). The normalized spacial score (nSPS) is 33.3. The Bertz CT molecular complexity index is 482. The molecule has 2 aliphatic rings. The average Bonchev–Trinajstić information content (AvgIpc) is 2.83. The fraction of sp³-hybridized carbons (Fsp3) is 0.706. The second kappa shape index (κ2) is 5.03. The van der Waals surface area contributed by atoms with Crippen molar-refractivity contribution in [2.45, 2.75) is 52.1 Å². The molecular formula is C17H26N2O. The first kappa shape index (κ1) is 13.9. The van der Waals surface area contributed by atoms with Gasteiger partial charge in [-0.3, -0.25) is 4.98 Å². The van der Waals surface area contributed by atoms with Crippen molar-refractivity contribution in [3.63, 3.8) is 0 Å². The molecule has 20 heavy (non-hydrogen) atoms. The molecule has 0 spiro atoms. The van der Waals surface area contributed by atoms with Crippen LogP contribution in [0.1, 0.15) is 44.0 Å². The summed E-state index contributed by atoms with van der Waals surface area (Å²) in [6.07, 6.45) is 4.31. The van der Waals surface area contributed by atoms with Gasteiger partial charge in [-0.15, -0.1) is 0 Å². The second-order valence-electron chi connectivity index (χ2n) is 6.73. The monoisotopic (exact) mass is 274 g/mol. The van der Waals surface area contributed by atoms with Crippen molar-refractivity contribution in [1.29, 1.82) is 0 Å². The lowest BCUT2D eigenvalue weighted by molar-refractivity contribution is -0.0597. The van der Waals surface area contributed by atoms with Crippen LogP contribution < -0.4 is 4.90 Å². The van der Waals surface area contributed by atoms with E-state index in [4.69, 9.17) is 0 Å². The van der Waals surface area contributed by atoms with Crippen molar-refractivity contribution in [3.8, 4) is 0 Å². The third kappa shape index (κ3) is 2.32. The van der Waals surface area contributed by atoms with Gasteiger partial charge in [0.05, 0.1) is 5.60 Å². The molecule has 1 saturated carbocycles. The minimum Gasteiger partial charge on any atom is -0.390 e. The van der Waals surface area contributed by atoms with Crippen LogP contribution >= 0.6 is 0 Å². The zero-order chi connectivity index (χ0) is 14.3. The molecule has 1 N–H and O–H groups in total. The lowest BCUT2D eigenvalue weighted by Crippen LogP contribution is -2.44. The molecule has 1 aromatic heterocycles. The van der Waals surface area contributed by atoms with Gasteiger partial charge in [-0.2, -0.15) is 0 Å². The van der Waals surface area contributed by atoms with E-state index in [1.807, 2.05) is 0 Å². The largest absolute Gasteiger partial charge is 0.390 e. The molecule has 0 amide bonds. The smallest absolute Gasteiger partial charge is 0.0693 e. The molecule has 1 aliphatic heterocycles. The van der Waals surface area contributed by atoms with Crippen molar-refractivity contribution in [1.82, 2.24) is 4.98 Å². The van der Waals surface area contributed by atoms with E-state index in [0.29, 0.717) is 11.8 Å². The third-order valence-electron chi connectivity index (χ3n) is 5.36. The summed E-state index contributed by atoms with van der Waals surface area (Å²) in [5.74, 6) is 1.09. The van der Waals surface area contributed by atoms with E-state index < -0.39 is 5.60 Å². The highest BCUT2D eigenvalue weighted by molar-refractivity contribution is 5.49. The van der Waals surface area contributed by atoms with Crippen molar-refractivity contribution in [3.05, 3.63) is 23.5 Å². The van der Waals surface area contributed by atoms with Crippen LogP contribution in [0.15, 0.2) is 12.1 Å². The van der Waals surface area contributed by atoms with Gasteiger partial charge in [0.1, 0.15) is 0 Å². The predicted octanol–water partition coefficient (Wildman–Crippen LogP) is 3.08. The molecule has 3 heteroatoms. The highest BCUT2D eigenvalue weighted by Gasteiger charge is 2.47. The van der Waals surface area contributed by atoms with Crippen LogP contribution in [0, 0.1) is 25.7 Å². The molecule has 2 heterocycles. The summed E-state index contributed by atoms with van der Waals surface area (Å²) in [4.78, 5) is 6.93. The first-order chi connectivity index (χ1) is 9.51. The fourth-order valence-corrected chi connectivity index (χ4v) is 4.27. The van der Waals surface area contributed by atoms with Gasteiger partial charge in [-0.25, -0.2) is 0 Å². The SMILES string of the molecule is CC[C@@]1(O)CCC[C@@H]2CN(c3cc(C)nc(C)c3)C[C@@H]21. The fourth-order valence-electron chi connectivity index (χ4n) is 4.27. The van der Waals surface area contributed by atoms with E-state index in [1.165, 1.54) is 18.5 Å². The molecule has 1 saturated heterocycles. The maximum atomic E-state index is 10.9. The summed E-state index contributed by atoms with van der Waals surface area (Å²) in [7, 11) is 0. The van der Waals surface area contributed by atoms with Gasteiger partial charge in [-0.05, 0) is 51.2 Å². The van der Waals surface area contributed by atoms with Crippen molar-refractivity contribution in [2.24, 2.45) is 11.8 Å². The van der Waals surface area contributed by atoms with Gasteiger partial charge in [0.2, 0.25) is 0 Å². The Morgan fingerprint density at radius 2 is 2.00 bits per heavy atom. The number of pyridine rings is 1. The van der Waals surface area contributed by atoms with Crippen LogP contribution in [-0.4, -0.2) is 28.8 Å².